The van der Waals surface area contributed by atoms with Crippen molar-refractivity contribution in [2.75, 3.05) is 4.90 Å². The summed E-state index contributed by atoms with van der Waals surface area (Å²) in [6, 6.07) is 3.11. The van der Waals surface area contributed by atoms with Crippen LogP contribution < -0.4 is 4.90 Å². The zero-order valence-electron chi connectivity index (χ0n) is 14.2. The van der Waals surface area contributed by atoms with Crippen LogP contribution in [0, 0.1) is 11.3 Å². The Hall–Kier alpha value is -3.43. The number of imide groups is 1. The molecule has 0 aromatic heterocycles. The second kappa shape index (κ2) is 6.03. The smallest absolute Gasteiger partial charge is 0.271 e. The van der Waals surface area contributed by atoms with Gasteiger partial charge in [-0.25, -0.2) is 9.91 Å². The molecule has 152 valence electrons. The first-order valence-corrected chi connectivity index (χ1v) is 7.71. The molecular formula is C16H8F6N4O3. The van der Waals surface area contributed by atoms with Crippen LogP contribution in [0.5, 0.6) is 0 Å². The van der Waals surface area contributed by atoms with Gasteiger partial charge in [0.25, 0.3) is 5.91 Å². The van der Waals surface area contributed by atoms with Crippen molar-refractivity contribution in [1.29, 1.82) is 5.26 Å². The van der Waals surface area contributed by atoms with E-state index in [2.05, 4.69) is 5.10 Å². The molecule has 1 atom stereocenters. The molecule has 2 aliphatic rings. The Labute approximate surface area is 157 Å². The number of anilines is 1. The molecule has 0 radical (unpaired) electrons. The number of carbonyl (C=O) groups excluding carboxylic acids is 3. The van der Waals surface area contributed by atoms with Crippen LogP contribution in [0.1, 0.15) is 24.5 Å². The van der Waals surface area contributed by atoms with E-state index in [0.717, 1.165) is 13.0 Å². The van der Waals surface area contributed by atoms with Gasteiger partial charge in [0.1, 0.15) is 11.3 Å². The number of rotatable bonds is 1. The third-order valence-electron chi connectivity index (χ3n) is 4.46. The number of amides is 3. The van der Waals surface area contributed by atoms with Gasteiger partial charge in [-0.05, 0) is 25.1 Å². The van der Waals surface area contributed by atoms with Gasteiger partial charge < -0.3 is 0 Å². The Balaban J connectivity index is 2.11. The first-order valence-electron chi connectivity index (χ1n) is 7.71. The standard InChI is InChI=1S/C16H8F6N4O3/c1-14-5-10(16(20,21)22)24-26(14)12(28)11(27)25(13(14)29)8-3-2-7(6-23)9(4-8)15(17,18)19/h2-4H,5H2,1H3. The lowest BCUT2D eigenvalue weighted by molar-refractivity contribution is -0.157. The molecule has 2 heterocycles. The molecule has 1 aromatic carbocycles. The zero-order chi connectivity index (χ0) is 21.9. The van der Waals surface area contributed by atoms with Gasteiger partial charge in [0.05, 0.1) is 22.9 Å². The lowest BCUT2D eigenvalue weighted by atomic mass is 9.90. The molecule has 0 saturated carbocycles. The number of alkyl halides is 6. The van der Waals surface area contributed by atoms with E-state index in [-0.39, 0.29) is 9.91 Å². The number of hydrogen-bond donors (Lipinski definition) is 0. The van der Waals surface area contributed by atoms with Crippen LogP contribution in [0.15, 0.2) is 23.3 Å². The van der Waals surface area contributed by atoms with Crippen molar-refractivity contribution in [1.82, 2.24) is 5.01 Å². The summed E-state index contributed by atoms with van der Waals surface area (Å²) in [5, 5.41) is 12.0. The summed E-state index contributed by atoms with van der Waals surface area (Å²) in [6.45, 7) is 0.920. The fourth-order valence-corrected chi connectivity index (χ4v) is 3.02. The van der Waals surface area contributed by atoms with E-state index in [4.69, 9.17) is 5.26 Å². The van der Waals surface area contributed by atoms with Crippen LogP contribution >= 0.6 is 0 Å². The quantitative estimate of drug-likeness (QED) is 0.398. The number of nitriles is 1. The van der Waals surface area contributed by atoms with E-state index < -0.39 is 64.6 Å². The van der Waals surface area contributed by atoms with Crippen LogP contribution in [0.3, 0.4) is 0 Å². The lowest BCUT2D eigenvalue weighted by Crippen LogP contribution is -2.66. The number of benzene rings is 1. The van der Waals surface area contributed by atoms with Crippen molar-refractivity contribution in [3.05, 3.63) is 29.3 Å². The second-order valence-corrected chi connectivity index (χ2v) is 6.40. The Kier molecular flexibility index (Phi) is 4.22. The number of hydrogen-bond acceptors (Lipinski definition) is 5. The molecule has 29 heavy (non-hydrogen) atoms. The Morgan fingerprint density at radius 1 is 1.07 bits per heavy atom. The number of nitrogens with zero attached hydrogens (tertiary/aromatic N) is 4. The van der Waals surface area contributed by atoms with E-state index in [0.29, 0.717) is 12.1 Å². The molecule has 0 spiro atoms. The minimum atomic E-state index is -5.02. The maximum atomic E-state index is 13.2. The van der Waals surface area contributed by atoms with Gasteiger partial charge in [-0.1, -0.05) is 0 Å². The van der Waals surface area contributed by atoms with Gasteiger partial charge >= 0.3 is 24.2 Å². The van der Waals surface area contributed by atoms with Gasteiger partial charge in [-0.3, -0.25) is 14.4 Å². The molecule has 7 nitrogen and oxygen atoms in total. The van der Waals surface area contributed by atoms with E-state index in [9.17, 15) is 40.7 Å². The van der Waals surface area contributed by atoms with Gasteiger partial charge in [-0.2, -0.15) is 36.7 Å². The van der Waals surface area contributed by atoms with E-state index in [1.165, 1.54) is 6.07 Å². The van der Waals surface area contributed by atoms with Crippen molar-refractivity contribution in [3.63, 3.8) is 0 Å². The molecule has 3 rings (SSSR count). The van der Waals surface area contributed by atoms with Gasteiger partial charge in [0.15, 0.2) is 0 Å². The summed E-state index contributed by atoms with van der Waals surface area (Å²) in [5.74, 6) is -4.63. The largest absolute Gasteiger partial charge is 0.431 e. The first kappa shape index (κ1) is 20.3. The van der Waals surface area contributed by atoms with E-state index in [1.807, 2.05) is 0 Å². The minimum Gasteiger partial charge on any atom is -0.271 e. The molecule has 0 N–H and O–H groups in total. The van der Waals surface area contributed by atoms with E-state index in [1.54, 1.807) is 0 Å². The number of piperazine rings is 1. The van der Waals surface area contributed by atoms with E-state index >= 15 is 0 Å². The average Bonchev–Trinajstić information content (AvgIpc) is 2.99. The number of carbonyl (C=O) groups is 3. The normalized spacial score (nSPS) is 22.6. The highest BCUT2D eigenvalue weighted by Crippen LogP contribution is 2.41. The van der Waals surface area contributed by atoms with Crippen molar-refractivity contribution in [3.8, 4) is 6.07 Å². The highest BCUT2D eigenvalue weighted by atomic mass is 19.4. The lowest BCUT2D eigenvalue weighted by Gasteiger charge is -2.39. The SMILES string of the molecule is CC12CC(C(F)(F)F)=NN1C(=O)C(=O)N(c1ccc(C#N)c(C(F)(F)F)c1)C2=O. The van der Waals surface area contributed by atoms with Gasteiger partial charge in [0.2, 0.25) is 0 Å². The Morgan fingerprint density at radius 2 is 1.69 bits per heavy atom. The summed E-state index contributed by atoms with van der Waals surface area (Å²) in [7, 11) is 0. The highest BCUT2D eigenvalue weighted by molar-refractivity contribution is 6.49. The third-order valence-corrected chi connectivity index (χ3v) is 4.46. The maximum Gasteiger partial charge on any atom is 0.431 e. The van der Waals surface area contributed by atoms with Crippen LogP contribution in [0.2, 0.25) is 0 Å². The molecule has 13 heteroatoms. The fraction of sp³-hybridized carbons (Fsp3) is 0.312. The third kappa shape index (κ3) is 3.00. The average molecular weight is 418 g/mol. The zero-order valence-corrected chi connectivity index (χ0v) is 14.2. The monoisotopic (exact) mass is 418 g/mol. The molecule has 1 fully saturated rings. The molecule has 1 aromatic rings. The van der Waals surface area contributed by atoms with Crippen molar-refractivity contribution in [2.45, 2.75) is 31.2 Å². The van der Waals surface area contributed by atoms with Crippen LogP contribution in [-0.2, 0) is 20.6 Å². The van der Waals surface area contributed by atoms with Crippen LogP contribution in [0.4, 0.5) is 32.0 Å². The van der Waals surface area contributed by atoms with Gasteiger partial charge in [0, 0.05) is 6.42 Å². The second-order valence-electron chi connectivity index (χ2n) is 6.40. The van der Waals surface area contributed by atoms with Crippen LogP contribution in [0.25, 0.3) is 0 Å². The molecule has 1 saturated heterocycles. The molecule has 1 unspecified atom stereocenters. The van der Waals surface area contributed by atoms with Gasteiger partial charge in [-0.15, -0.1) is 0 Å². The summed E-state index contributed by atoms with van der Waals surface area (Å²) >= 11 is 0. The summed E-state index contributed by atoms with van der Waals surface area (Å²) in [4.78, 5) is 37.4. The van der Waals surface area contributed by atoms with Crippen molar-refractivity contribution < 1.29 is 40.7 Å². The molecular weight excluding hydrogens is 410 g/mol. The predicted octanol–water partition coefficient (Wildman–Crippen LogP) is 2.36. The highest BCUT2D eigenvalue weighted by Gasteiger charge is 2.61. The number of hydrazone groups is 1. The molecule has 0 bridgehead atoms. The maximum absolute atomic E-state index is 13.2. The first-order chi connectivity index (χ1) is 13.2. The molecule has 3 amide bonds. The summed E-state index contributed by atoms with van der Waals surface area (Å²) in [6.07, 6.45) is -11.1. The fourth-order valence-electron chi connectivity index (χ4n) is 3.02. The predicted molar refractivity (Wildman–Crippen MR) is 82.0 cm³/mol. The number of fused-ring (bicyclic) bond motifs is 1. The van der Waals surface area contributed by atoms with Crippen molar-refractivity contribution in [2.24, 2.45) is 5.10 Å². The number of halogens is 6. The minimum absolute atomic E-state index is 0.0735. The van der Waals surface area contributed by atoms with Crippen molar-refractivity contribution >= 4 is 29.1 Å². The molecule has 2 aliphatic heterocycles. The summed E-state index contributed by atoms with van der Waals surface area (Å²) < 4.78 is 78.4. The summed E-state index contributed by atoms with van der Waals surface area (Å²) in [5.41, 5.74) is -6.71. The Bertz CT molecular complexity index is 1020. The Morgan fingerprint density at radius 3 is 2.21 bits per heavy atom. The topological polar surface area (TPSA) is 93.8 Å². The van der Waals surface area contributed by atoms with Crippen LogP contribution in [-0.4, -0.2) is 40.2 Å². The molecule has 0 aliphatic carbocycles.